The maximum Gasteiger partial charge on any atom is 0.418 e. The van der Waals surface area contributed by atoms with Crippen molar-refractivity contribution in [1.29, 1.82) is 5.41 Å². The van der Waals surface area contributed by atoms with E-state index in [0.717, 1.165) is 17.8 Å². The predicted molar refractivity (Wildman–Crippen MR) is 125 cm³/mol. The summed E-state index contributed by atoms with van der Waals surface area (Å²) < 4.78 is 16.0. The lowest BCUT2D eigenvalue weighted by Crippen LogP contribution is -3.02. The van der Waals surface area contributed by atoms with Gasteiger partial charge in [0.05, 0.1) is 11.4 Å². The summed E-state index contributed by atoms with van der Waals surface area (Å²) >= 11 is 0. The van der Waals surface area contributed by atoms with Crippen molar-refractivity contribution in [3.05, 3.63) is 88.6 Å². The van der Waals surface area contributed by atoms with Crippen molar-refractivity contribution in [3.8, 4) is 5.69 Å². The van der Waals surface area contributed by atoms with Crippen molar-refractivity contribution in [3.63, 3.8) is 0 Å². The molecule has 0 aliphatic carbocycles. The normalized spacial score (nSPS) is 12.5. The number of benzene rings is 2. The number of carbonyl (C=O) groups is 2. The third kappa shape index (κ3) is 5.78. The molecule has 0 saturated carbocycles. The van der Waals surface area contributed by atoms with Crippen molar-refractivity contribution >= 4 is 29.5 Å². The van der Waals surface area contributed by atoms with Crippen molar-refractivity contribution in [1.82, 2.24) is 4.57 Å². The molecule has 1 atom stereocenters. The number of primary amides is 1. The number of carbonyl (C=O) groups excluding carboxylic acids is 2. The quantitative estimate of drug-likeness (QED) is 0.414. The first-order valence-electron chi connectivity index (χ1n) is 10.2. The van der Waals surface area contributed by atoms with E-state index in [4.69, 9.17) is 5.41 Å². The molecule has 0 radical (unpaired) electrons. The highest BCUT2D eigenvalue weighted by molar-refractivity contribution is 5.99. The minimum absolute atomic E-state index is 0.0563. The summed E-state index contributed by atoms with van der Waals surface area (Å²) in [6.07, 6.45) is 2.48. The van der Waals surface area contributed by atoms with Gasteiger partial charge in [-0.15, -0.1) is 0 Å². The molecular formula is C24H25FN5O3+. The molecule has 1 unspecified atom stereocenters. The highest BCUT2D eigenvalue weighted by Crippen LogP contribution is 2.19. The largest absolute Gasteiger partial charge is 0.418 e. The smallest absolute Gasteiger partial charge is 0.318 e. The molecule has 3 aromatic rings. The molecule has 0 bridgehead atoms. The number of hydrogen-bond acceptors (Lipinski definition) is 4. The lowest BCUT2D eigenvalue weighted by molar-refractivity contribution is -0.613. The zero-order valence-corrected chi connectivity index (χ0v) is 18.3. The van der Waals surface area contributed by atoms with E-state index in [1.165, 1.54) is 41.2 Å². The van der Waals surface area contributed by atoms with Gasteiger partial charge in [0.1, 0.15) is 5.82 Å². The first-order valence-corrected chi connectivity index (χ1v) is 10.2. The van der Waals surface area contributed by atoms with Gasteiger partial charge < -0.3 is 10.7 Å². The second kappa shape index (κ2) is 10.0. The summed E-state index contributed by atoms with van der Waals surface area (Å²) in [5.74, 6) is -1.38. The van der Waals surface area contributed by atoms with Crippen LogP contribution in [-0.4, -0.2) is 28.3 Å². The number of quaternary nitrogens is 1. The molecule has 170 valence electrons. The summed E-state index contributed by atoms with van der Waals surface area (Å²) in [5, 5.41) is 13.8. The van der Waals surface area contributed by atoms with Crippen molar-refractivity contribution < 1.29 is 19.3 Å². The molecule has 8 nitrogen and oxygen atoms in total. The number of nitrogens with one attached hydrogen (secondary N) is 3. The van der Waals surface area contributed by atoms with E-state index in [0.29, 0.717) is 11.4 Å². The Morgan fingerprint density at radius 1 is 1.12 bits per heavy atom. The Bertz CT molecular complexity index is 1240. The zero-order chi connectivity index (χ0) is 24.0. The minimum Gasteiger partial charge on any atom is -0.318 e. The first-order chi connectivity index (χ1) is 15.7. The maximum absolute atomic E-state index is 14.7. The van der Waals surface area contributed by atoms with Gasteiger partial charge in [-0.05, 0) is 37.3 Å². The summed E-state index contributed by atoms with van der Waals surface area (Å²) in [7, 11) is 0. The van der Waals surface area contributed by atoms with Crippen LogP contribution in [0.2, 0.25) is 0 Å². The second-order valence-electron chi connectivity index (χ2n) is 7.85. The van der Waals surface area contributed by atoms with Crippen LogP contribution in [0.15, 0.2) is 71.7 Å². The van der Waals surface area contributed by atoms with E-state index >= 15 is 0 Å². The zero-order valence-electron chi connectivity index (χ0n) is 18.3. The summed E-state index contributed by atoms with van der Waals surface area (Å²) in [6.45, 7) is 3.42. The van der Waals surface area contributed by atoms with Gasteiger partial charge in [0, 0.05) is 43.6 Å². The highest BCUT2D eigenvalue weighted by Gasteiger charge is 2.39. The fourth-order valence-electron chi connectivity index (χ4n) is 3.19. The van der Waals surface area contributed by atoms with E-state index in [1.54, 1.807) is 24.3 Å². The van der Waals surface area contributed by atoms with Gasteiger partial charge in [0.25, 0.3) is 11.5 Å². The van der Waals surface area contributed by atoms with Crippen LogP contribution in [0.25, 0.3) is 5.69 Å². The molecule has 3 amide bonds. The molecule has 9 heteroatoms. The number of rotatable bonds is 7. The second-order valence-corrected chi connectivity index (χ2v) is 7.85. The van der Waals surface area contributed by atoms with E-state index in [-0.39, 0.29) is 17.7 Å². The third-order valence-corrected chi connectivity index (χ3v) is 5.12. The average molecular weight is 450 g/mol. The molecule has 0 saturated heterocycles. The Balaban J connectivity index is 1.75. The Kier molecular flexibility index (Phi) is 7.14. The van der Waals surface area contributed by atoms with Gasteiger partial charge in [-0.2, -0.15) is 0 Å². The lowest BCUT2D eigenvalue weighted by Gasteiger charge is -2.24. The molecule has 1 heterocycles. The number of anilines is 2. The molecule has 5 N–H and O–H groups in total. The molecular weight excluding hydrogens is 425 g/mol. The molecule has 0 aliphatic rings. The first kappa shape index (κ1) is 23.6. The van der Waals surface area contributed by atoms with Gasteiger partial charge in [-0.1, -0.05) is 23.8 Å². The molecule has 2 aromatic carbocycles. The monoisotopic (exact) mass is 450 g/mol. The van der Waals surface area contributed by atoms with Gasteiger partial charge in [0.2, 0.25) is 0 Å². The number of nitrogens with two attached hydrogens (primary N) is 1. The minimum atomic E-state index is -1.39. The number of hydrogen-bond donors (Lipinski definition) is 4. The number of urea groups is 1. The molecule has 0 fully saturated rings. The van der Waals surface area contributed by atoms with E-state index in [2.05, 4.69) is 10.6 Å². The van der Waals surface area contributed by atoms with Crippen molar-refractivity contribution in [2.75, 3.05) is 10.6 Å². The fourth-order valence-corrected chi connectivity index (χ4v) is 3.19. The van der Waals surface area contributed by atoms with Crippen LogP contribution in [0, 0.1) is 18.2 Å². The fraction of sp³-hybridized carbons (Fsp3) is 0.167. The van der Waals surface area contributed by atoms with Crippen LogP contribution in [0.4, 0.5) is 20.6 Å². The highest BCUT2D eigenvalue weighted by atomic mass is 19.1. The van der Waals surface area contributed by atoms with E-state index < -0.39 is 23.3 Å². The maximum atomic E-state index is 14.7. The Hall–Kier alpha value is -4.11. The molecule has 33 heavy (non-hydrogen) atoms. The number of nitrogens with zero attached hydrogens (tertiary/aromatic N) is 1. The molecule has 1 aromatic heterocycles. The van der Waals surface area contributed by atoms with Gasteiger partial charge in [0.15, 0.2) is 5.54 Å². The lowest BCUT2D eigenvalue weighted by atomic mass is 9.97. The topological polar surface area (TPSA) is 121 Å². The van der Waals surface area contributed by atoms with Crippen LogP contribution in [-0.2, 0) is 4.79 Å². The predicted octanol–water partition coefficient (Wildman–Crippen LogP) is 2.82. The van der Waals surface area contributed by atoms with Crippen LogP contribution in [0.3, 0.4) is 0 Å². The Morgan fingerprint density at radius 3 is 2.48 bits per heavy atom. The summed E-state index contributed by atoms with van der Waals surface area (Å²) in [5.41, 5.74) is 0.102. The van der Waals surface area contributed by atoms with Crippen LogP contribution in [0.5, 0.6) is 0 Å². The average Bonchev–Trinajstić information content (AvgIpc) is 2.77. The number of pyridine rings is 1. The van der Waals surface area contributed by atoms with Crippen LogP contribution >= 0.6 is 0 Å². The van der Waals surface area contributed by atoms with E-state index in [1.807, 2.05) is 19.1 Å². The Labute approximate surface area is 190 Å². The Morgan fingerprint density at radius 2 is 1.85 bits per heavy atom. The number of halogens is 1. The number of amides is 3. The third-order valence-electron chi connectivity index (χ3n) is 5.12. The summed E-state index contributed by atoms with van der Waals surface area (Å²) in [6, 6.07) is 15.2. The van der Waals surface area contributed by atoms with Crippen LogP contribution in [0.1, 0.15) is 18.9 Å². The van der Waals surface area contributed by atoms with Crippen molar-refractivity contribution in [2.45, 2.75) is 25.8 Å². The van der Waals surface area contributed by atoms with Gasteiger partial charge >= 0.3 is 6.03 Å². The van der Waals surface area contributed by atoms with Gasteiger partial charge in [-0.25, -0.2) is 14.5 Å². The van der Waals surface area contributed by atoms with Crippen molar-refractivity contribution in [2.24, 2.45) is 0 Å². The standard InChI is InChI=1S/C24H24FN5O3/c1-16-6-8-17(9-7-16)27-23(33)29-24(2,12-13-26)22(32)28-20-11-10-18(15-19(20)25)30-14-4-3-5-21(30)31/h3-11,13-15,26H,12H2,1-2H3,(H,28,32)(H2,27,29,33)/p+1. The number of aromatic nitrogens is 1. The SMILES string of the molecule is Cc1ccc(NC(=O)[NH2+]C(C)(CC=N)C(=O)Nc2ccc(-n3ccccc3=O)cc2F)cc1. The van der Waals surface area contributed by atoms with Crippen LogP contribution < -0.4 is 21.5 Å². The number of aryl methyl sites for hydroxylation is 1. The molecule has 3 rings (SSSR count). The molecule has 0 spiro atoms. The summed E-state index contributed by atoms with van der Waals surface area (Å²) in [4.78, 5) is 37.4. The van der Waals surface area contributed by atoms with E-state index in [9.17, 15) is 18.8 Å². The molecule has 0 aliphatic heterocycles. The van der Waals surface area contributed by atoms with Gasteiger partial charge in [-0.3, -0.25) is 19.5 Å².